The standard InChI is InChI=1S/C18H19NO3S2/c1-22-17(20)16(12-14-8-4-2-5-9-14)19-18(21)24-23-13-15-10-6-3-7-11-15/h2-11,16H,12-13H2,1H3,(H,19,21). The van der Waals surface area contributed by atoms with Crippen LogP contribution in [0.1, 0.15) is 11.1 Å². The van der Waals surface area contributed by atoms with Crippen molar-refractivity contribution in [2.24, 2.45) is 0 Å². The molecule has 2 aromatic carbocycles. The zero-order chi connectivity index (χ0) is 17.2. The van der Waals surface area contributed by atoms with E-state index in [0.717, 1.165) is 27.7 Å². The van der Waals surface area contributed by atoms with E-state index < -0.39 is 12.0 Å². The molecule has 0 aliphatic rings. The molecule has 1 N–H and O–H groups in total. The third-order valence-corrected chi connectivity index (χ3v) is 5.26. The topological polar surface area (TPSA) is 55.4 Å². The Labute approximate surface area is 149 Å². The normalized spacial score (nSPS) is 11.5. The lowest BCUT2D eigenvalue weighted by Crippen LogP contribution is -2.41. The van der Waals surface area contributed by atoms with Gasteiger partial charge in [-0.1, -0.05) is 71.5 Å². The molecule has 2 rings (SSSR count). The van der Waals surface area contributed by atoms with Gasteiger partial charge in [0, 0.05) is 23.0 Å². The monoisotopic (exact) mass is 361 g/mol. The number of methoxy groups -OCH3 is 1. The van der Waals surface area contributed by atoms with Gasteiger partial charge in [-0.05, 0) is 11.1 Å². The van der Waals surface area contributed by atoms with E-state index in [0.29, 0.717) is 6.42 Å². The van der Waals surface area contributed by atoms with Gasteiger partial charge in [0.25, 0.3) is 5.24 Å². The smallest absolute Gasteiger partial charge is 0.328 e. The summed E-state index contributed by atoms with van der Waals surface area (Å²) in [6.07, 6.45) is 0.406. The lowest BCUT2D eigenvalue weighted by atomic mass is 10.1. The number of rotatable bonds is 7. The molecule has 0 aliphatic heterocycles. The number of amides is 1. The van der Waals surface area contributed by atoms with Crippen molar-refractivity contribution in [1.29, 1.82) is 0 Å². The molecule has 126 valence electrons. The molecule has 0 fully saturated rings. The minimum Gasteiger partial charge on any atom is -0.467 e. The summed E-state index contributed by atoms with van der Waals surface area (Å²) in [6, 6.07) is 18.8. The summed E-state index contributed by atoms with van der Waals surface area (Å²) in [7, 11) is 3.85. The minimum absolute atomic E-state index is 0.248. The van der Waals surface area contributed by atoms with Gasteiger partial charge in [-0.15, -0.1) is 0 Å². The minimum atomic E-state index is -0.685. The number of esters is 1. The average Bonchev–Trinajstić information content (AvgIpc) is 2.62. The van der Waals surface area contributed by atoms with E-state index in [1.807, 2.05) is 60.7 Å². The number of carbonyl (C=O) groups excluding carboxylic acids is 2. The molecule has 24 heavy (non-hydrogen) atoms. The van der Waals surface area contributed by atoms with Crippen molar-refractivity contribution < 1.29 is 14.3 Å². The third kappa shape index (κ3) is 6.29. The van der Waals surface area contributed by atoms with Crippen LogP contribution in [-0.4, -0.2) is 24.4 Å². The lowest BCUT2D eigenvalue weighted by molar-refractivity contribution is -0.142. The molecule has 1 amide bonds. The highest BCUT2D eigenvalue weighted by atomic mass is 33.1. The second-order valence-corrected chi connectivity index (χ2v) is 7.30. The molecule has 0 heterocycles. The predicted octanol–water partition coefficient (Wildman–Crippen LogP) is 4.06. The highest BCUT2D eigenvalue weighted by Gasteiger charge is 2.22. The summed E-state index contributed by atoms with van der Waals surface area (Å²) in [5.41, 5.74) is 2.12. The molecule has 0 bridgehead atoms. The average molecular weight is 361 g/mol. The summed E-state index contributed by atoms with van der Waals surface area (Å²) < 4.78 is 4.79. The van der Waals surface area contributed by atoms with Crippen LogP contribution in [0.4, 0.5) is 4.79 Å². The Hall–Kier alpha value is -1.92. The Morgan fingerprint density at radius 3 is 2.17 bits per heavy atom. The summed E-state index contributed by atoms with van der Waals surface area (Å²) in [5, 5.41) is 2.48. The quantitative estimate of drug-likeness (QED) is 0.595. The van der Waals surface area contributed by atoms with Crippen LogP contribution < -0.4 is 5.32 Å². The molecule has 0 saturated carbocycles. The maximum Gasteiger partial charge on any atom is 0.328 e. The van der Waals surface area contributed by atoms with Gasteiger partial charge in [-0.2, -0.15) is 0 Å². The molecule has 1 atom stereocenters. The Morgan fingerprint density at radius 2 is 1.58 bits per heavy atom. The fourth-order valence-corrected chi connectivity index (χ4v) is 3.81. The highest BCUT2D eigenvalue weighted by molar-refractivity contribution is 8.81. The number of benzene rings is 2. The lowest BCUT2D eigenvalue weighted by Gasteiger charge is -2.16. The van der Waals surface area contributed by atoms with Gasteiger partial charge in [-0.3, -0.25) is 4.79 Å². The molecule has 6 heteroatoms. The number of carbonyl (C=O) groups is 2. The van der Waals surface area contributed by atoms with Gasteiger partial charge in [0.15, 0.2) is 0 Å². The predicted molar refractivity (Wildman–Crippen MR) is 99.8 cm³/mol. The third-order valence-electron chi connectivity index (χ3n) is 3.26. The van der Waals surface area contributed by atoms with E-state index in [1.54, 1.807) is 0 Å². The SMILES string of the molecule is COC(=O)C(Cc1ccccc1)NC(=O)SSCc1ccccc1. The van der Waals surface area contributed by atoms with E-state index in [9.17, 15) is 9.59 Å². The van der Waals surface area contributed by atoms with Gasteiger partial charge >= 0.3 is 5.97 Å². The molecule has 2 aromatic rings. The van der Waals surface area contributed by atoms with Crippen LogP contribution >= 0.6 is 21.6 Å². The Balaban J connectivity index is 1.84. The van der Waals surface area contributed by atoms with Crippen LogP contribution in [0.3, 0.4) is 0 Å². The van der Waals surface area contributed by atoms with E-state index in [1.165, 1.54) is 17.9 Å². The molecule has 0 aliphatic carbocycles. The number of hydrogen-bond donors (Lipinski definition) is 1. The van der Waals surface area contributed by atoms with Crippen LogP contribution in [0.15, 0.2) is 60.7 Å². The van der Waals surface area contributed by atoms with Crippen molar-refractivity contribution in [3.05, 3.63) is 71.8 Å². The van der Waals surface area contributed by atoms with Gasteiger partial charge in [0.2, 0.25) is 0 Å². The van der Waals surface area contributed by atoms with E-state index in [2.05, 4.69) is 5.32 Å². The van der Waals surface area contributed by atoms with Gasteiger partial charge in [0.05, 0.1) is 7.11 Å². The largest absolute Gasteiger partial charge is 0.467 e. The van der Waals surface area contributed by atoms with Crippen molar-refractivity contribution in [3.63, 3.8) is 0 Å². The molecule has 0 aromatic heterocycles. The first-order valence-electron chi connectivity index (χ1n) is 7.44. The van der Waals surface area contributed by atoms with Crippen molar-refractivity contribution in [1.82, 2.24) is 5.32 Å². The molecule has 4 nitrogen and oxygen atoms in total. The zero-order valence-corrected chi connectivity index (χ0v) is 14.9. The molecule has 0 spiro atoms. The van der Waals surface area contributed by atoms with Crippen molar-refractivity contribution >= 4 is 32.8 Å². The fourth-order valence-electron chi connectivity index (χ4n) is 2.08. The zero-order valence-electron chi connectivity index (χ0n) is 13.3. The summed E-state index contributed by atoms with van der Waals surface area (Å²) in [5.74, 6) is 0.279. The van der Waals surface area contributed by atoms with Crippen molar-refractivity contribution in [2.75, 3.05) is 7.11 Å². The summed E-state index contributed by atoms with van der Waals surface area (Å²) in [6.45, 7) is 0. The maximum absolute atomic E-state index is 12.1. The molecular weight excluding hydrogens is 342 g/mol. The first-order chi connectivity index (χ1) is 11.7. The number of nitrogens with one attached hydrogen (secondary N) is 1. The van der Waals surface area contributed by atoms with Gasteiger partial charge in [-0.25, -0.2) is 4.79 Å². The summed E-state index contributed by atoms with van der Waals surface area (Å²) >= 11 is 0. The molecule has 0 radical (unpaired) electrons. The van der Waals surface area contributed by atoms with Gasteiger partial charge in [0.1, 0.15) is 6.04 Å². The Bertz CT molecular complexity index is 650. The van der Waals surface area contributed by atoms with Crippen LogP contribution in [0, 0.1) is 0 Å². The first-order valence-corrected chi connectivity index (χ1v) is 9.76. The van der Waals surface area contributed by atoms with E-state index in [4.69, 9.17) is 4.74 Å². The molecular formula is C18H19NO3S2. The number of ether oxygens (including phenoxy) is 1. The molecule has 1 unspecified atom stereocenters. The fraction of sp³-hybridized carbons (Fsp3) is 0.222. The molecule has 0 saturated heterocycles. The van der Waals surface area contributed by atoms with Crippen molar-refractivity contribution in [2.45, 2.75) is 18.2 Å². The van der Waals surface area contributed by atoms with Crippen LogP contribution in [0.2, 0.25) is 0 Å². The van der Waals surface area contributed by atoms with Crippen LogP contribution in [-0.2, 0) is 21.7 Å². The van der Waals surface area contributed by atoms with Crippen LogP contribution in [0.25, 0.3) is 0 Å². The highest BCUT2D eigenvalue weighted by Crippen LogP contribution is 2.26. The number of hydrogen-bond acceptors (Lipinski definition) is 5. The van der Waals surface area contributed by atoms with Crippen molar-refractivity contribution in [3.8, 4) is 0 Å². The Kier molecular flexibility index (Phi) is 7.71. The van der Waals surface area contributed by atoms with Crippen LogP contribution in [0.5, 0.6) is 0 Å². The van der Waals surface area contributed by atoms with Gasteiger partial charge < -0.3 is 10.1 Å². The van der Waals surface area contributed by atoms with E-state index in [-0.39, 0.29) is 5.24 Å². The van der Waals surface area contributed by atoms with E-state index >= 15 is 0 Å². The maximum atomic E-state index is 12.1. The first kappa shape index (κ1) is 18.4. The Morgan fingerprint density at radius 1 is 1.00 bits per heavy atom. The second kappa shape index (κ2) is 10.1. The summed E-state index contributed by atoms with van der Waals surface area (Å²) in [4.78, 5) is 24.0. The second-order valence-electron chi connectivity index (χ2n) is 5.03.